The Bertz CT molecular complexity index is 595. The number of fused-ring (bicyclic) bond motifs is 2. The fourth-order valence-corrected chi connectivity index (χ4v) is 4.90. The van der Waals surface area contributed by atoms with E-state index < -0.39 is 41.0 Å². The number of halogens is 2. The van der Waals surface area contributed by atoms with Gasteiger partial charge in [-0.3, -0.25) is 4.79 Å². The molecule has 1 aromatic carbocycles. The molecule has 0 aromatic heterocycles. The first-order valence-electron chi connectivity index (χ1n) is 7.29. The number of rotatable bonds is 4. The van der Waals surface area contributed by atoms with Crippen LogP contribution < -0.4 is 0 Å². The molecule has 22 heavy (non-hydrogen) atoms. The Hall–Kier alpha value is -1.34. The quantitative estimate of drug-likeness (QED) is 0.796. The van der Waals surface area contributed by atoms with E-state index in [2.05, 4.69) is 0 Å². The van der Waals surface area contributed by atoms with Crippen LogP contribution in [0.2, 0.25) is 0 Å². The summed E-state index contributed by atoms with van der Waals surface area (Å²) in [6.45, 7) is 1.92. The summed E-state index contributed by atoms with van der Waals surface area (Å²) in [5.41, 5.74) is 0. The van der Waals surface area contributed by atoms with E-state index in [0.717, 1.165) is 0 Å². The van der Waals surface area contributed by atoms with E-state index in [4.69, 9.17) is 4.74 Å². The van der Waals surface area contributed by atoms with Crippen molar-refractivity contribution in [2.24, 2.45) is 5.92 Å². The van der Waals surface area contributed by atoms with Crippen molar-refractivity contribution in [2.75, 3.05) is 6.61 Å². The van der Waals surface area contributed by atoms with Crippen LogP contribution in [-0.2, 0) is 20.5 Å². The van der Waals surface area contributed by atoms with Gasteiger partial charge in [0.2, 0.25) is 0 Å². The van der Waals surface area contributed by atoms with Gasteiger partial charge in [0.05, 0.1) is 17.5 Å². The van der Waals surface area contributed by atoms with Crippen molar-refractivity contribution in [3.8, 4) is 0 Å². The first kappa shape index (κ1) is 15.6. The zero-order chi connectivity index (χ0) is 15.9. The molecule has 1 saturated carbocycles. The minimum absolute atomic E-state index is 0.177. The minimum atomic E-state index is -1.72. The molecule has 1 aromatic rings. The summed E-state index contributed by atoms with van der Waals surface area (Å²) in [6.07, 6.45) is -0.303. The summed E-state index contributed by atoms with van der Waals surface area (Å²) in [6, 6.07) is 3.95. The molecule has 2 bridgehead atoms. The molecule has 2 fully saturated rings. The van der Waals surface area contributed by atoms with E-state index in [9.17, 15) is 17.8 Å². The Morgan fingerprint density at radius 1 is 1.36 bits per heavy atom. The lowest BCUT2D eigenvalue weighted by molar-refractivity contribution is -0.149. The second-order valence-electron chi connectivity index (χ2n) is 5.57. The fraction of sp³-hybridized carbons (Fsp3) is 0.533. The normalized spacial score (nSPS) is 32.1. The third-order valence-electron chi connectivity index (χ3n) is 4.27. The molecule has 120 valence electrons. The maximum absolute atomic E-state index is 14.0. The molecule has 0 amide bonds. The predicted octanol–water partition coefficient (Wildman–Crippen LogP) is 2.21. The lowest BCUT2D eigenvalue weighted by atomic mass is 10.00. The Kier molecular flexibility index (Phi) is 4.27. The van der Waals surface area contributed by atoms with Crippen LogP contribution in [0, 0.1) is 11.7 Å². The monoisotopic (exact) mass is 329 g/mol. The van der Waals surface area contributed by atoms with Crippen molar-refractivity contribution in [2.45, 2.75) is 42.9 Å². The van der Waals surface area contributed by atoms with Crippen LogP contribution in [0.25, 0.3) is 0 Å². The zero-order valence-electron chi connectivity index (χ0n) is 12.1. The van der Waals surface area contributed by atoms with Crippen LogP contribution >= 0.6 is 0 Å². The minimum Gasteiger partial charge on any atom is -0.465 e. The van der Waals surface area contributed by atoms with E-state index in [0.29, 0.717) is 17.7 Å². The molecule has 5 atom stereocenters. The molecule has 1 aliphatic heterocycles. The molecule has 2 aliphatic rings. The molecular formula is C15H17F2NO3S. The van der Waals surface area contributed by atoms with Crippen molar-refractivity contribution in [1.82, 2.24) is 4.31 Å². The largest absolute Gasteiger partial charge is 0.465 e. The van der Waals surface area contributed by atoms with Crippen LogP contribution in [0.1, 0.15) is 19.8 Å². The fourth-order valence-electron chi connectivity index (χ4n) is 3.36. The van der Waals surface area contributed by atoms with Crippen LogP contribution in [0.15, 0.2) is 29.2 Å². The van der Waals surface area contributed by atoms with Gasteiger partial charge >= 0.3 is 5.97 Å². The van der Waals surface area contributed by atoms with Crippen LogP contribution in [0.3, 0.4) is 0 Å². The van der Waals surface area contributed by atoms with E-state index in [1.165, 1.54) is 28.6 Å². The average Bonchev–Trinajstić information content (AvgIpc) is 3.04. The molecule has 4 nitrogen and oxygen atoms in total. The van der Waals surface area contributed by atoms with Gasteiger partial charge in [0.25, 0.3) is 0 Å². The third kappa shape index (κ3) is 2.56. The van der Waals surface area contributed by atoms with Gasteiger partial charge in [-0.05, 0) is 49.9 Å². The molecule has 0 spiro atoms. The summed E-state index contributed by atoms with van der Waals surface area (Å²) in [7, 11) is -1.72. The third-order valence-corrected chi connectivity index (χ3v) is 5.83. The number of carbonyl (C=O) groups is 1. The number of hydrogen-bond acceptors (Lipinski definition) is 3. The van der Waals surface area contributed by atoms with E-state index in [1.807, 2.05) is 0 Å². The first-order chi connectivity index (χ1) is 10.5. The van der Waals surface area contributed by atoms with Crippen molar-refractivity contribution in [1.29, 1.82) is 0 Å². The lowest BCUT2D eigenvalue weighted by Gasteiger charge is -2.33. The lowest BCUT2D eigenvalue weighted by Crippen LogP contribution is -2.51. The number of alkyl halides is 1. The number of carbonyl (C=O) groups excluding carboxylic acids is 1. The molecule has 1 aliphatic carbocycles. The van der Waals surface area contributed by atoms with Gasteiger partial charge in [0.1, 0.15) is 29.0 Å². The van der Waals surface area contributed by atoms with Gasteiger partial charge in [0, 0.05) is 0 Å². The Balaban J connectivity index is 1.89. The number of piperidine rings is 1. The Labute approximate surface area is 130 Å². The molecule has 1 heterocycles. The summed E-state index contributed by atoms with van der Waals surface area (Å²) < 4.78 is 46.3. The van der Waals surface area contributed by atoms with Crippen molar-refractivity contribution in [3.63, 3.8) is 0 Å². The molecule has 5 unspecified atom stereocenters. The van der Waals surface area contributed by atoms with Crippen LogP contribution in [-0.4, -0.2) is 39.3 Å². The van der Waals surface area contributed by atoms with Crippen LogP contribution in [0.4, 0.5) is 8.78 Å². The molecule has 3 rings (SSSR count). The van der Waals surface area contributed by atoms with E-state index >= 15 is 0 Å². The highest BCUT2D eigenvalue weighted by Gasteiger charge is 2.57. The second-order valence-corrected chi connectivity index (χ2v) is 6.97. The number of esters is 1. The average molecular weight is 329 g/mol. The van der Waals surface area contributed by atoms with Gasteiger partial charge < -0.3 is 4.74 Å². The number of hydrogen-bond donors (Lipinski definition) is 0. The SMILES string of the molecule is CCOC(=O)C1C2CC(F)C(C2)N1S(=O)c1ccc(F)cc1. The van der Waals surface area contributed by atoms with E-state index in [-0.39, 0.29) is 12.5 Å². The van der Waals surface area contributed by atoms with Crippen LogP contribution in [0.5, 0.6) is 0 Å². The van der Waals surface area contributed by atoms with Gasteiger partial charge in [-0.15, -0.1) is 0 Å². The van der Waals surface area contributed by atoms with Crippen molar-refractivity contribution in [3.05, 3.63) is 30.1 Å². The molecule has 1 saturated heterocycles. The maximum atomic E-state index is 14.0. The number of benzene rings is 1. The van der Waals surface area contributed by atoms with Crippen molar-refractivity contribution >= 4 is 17.0 Å². The summed E-state index contributed by atoms with van der Waals surface area (Å²) in [5.74, 6) is -1.07. The highest BCUT2D eigenvalue weighted by Crippen LogP contribution is 2.46. The van der Waals surface area contributed by atoms with Crippen molar-refractivity contribution < 1.29 is 22.5 Å². The Morgan fingerprint density at radius 2 is 2.05 bits per heavy atom. The highest BCUT2D eigenvalue weighted by atomic mass is 32.2. The maximum Gasteiger partial charge on any atom is 0.324 e. The molecular weight excluding hydrogens is 312 g/mol. The topological polar surface area (TPSA) is 46.6 Å². The second kappa shape index (κ2) is 6.04. The van der Waals surface area contributed by atoms with Gasteiger partial charge in [0.15, 0.2) is 0 Å². The predicted molar refractivity (Wildman–Crippen MR) is 76.5 cm³/mol. The van der Waals surface area contributed by atoms with Gasteiger partial charge in [-0.25, -0.2) is 17.3 Å². The van der Waals surface area contributed by atoms with Gasteiger partial charge in [-0.1, -0.05) is 0 Å². The highest BCUT2D eigenvalue weighted by molar-refractivity contribution is 7.82. The molecule has 0 N–H and O–H groups in total. The number of nitrogens with zero attached hydrogens (tertiary/aromatic N) is 1. The smallest absolute Gasteiger partial charge is 0.324 e. The number of ether oxygens (including phenoxy) is 1. The summed E-state index contributed by atoms with van der Waals surface area (Å²) in [5, 5.41) is 0. The Morgan fingerprint density at radius 3 is 2.68 bits per heavy atom. The molecule has 0 radical (unpaired) electrons. The zero-order valence-corrected chi connectivity index (χ0v) is 12.9. The van der Waals surface area contributed by atoms with E-state index in [1.54, 1.807) is 6.92 Å². The van der Waals surface area contributed by atoms with Gasteiger partial charge in [-0.2, -0.15) is 0 Å². The first-order valence-corrected chi connectivity index (χ1v) is 8.40. The summed E-state index contributed by atoms with van der Waals surface area (Å²) in [4.78, 5) is 12.5. The molecule has 7 heteroatoms. The standard InChI is InChI=1S/C15H17F2NO3S/c1-2-21-15(19)14-9-7-12(17)13(8-9)18(14)22(20)11-5-3-10(16)4-6-11/h3-6,9,12-14H,2,7-8H2,1H3. The summed E-state index contributed by atoms with van der Waals surface area (Å²) >= 11 is 0.